The lowest BCUT2D eigenvalue weighted by atomic mass is 9.92. The highest BCUT2D eigenvalue weighted by atomic mass is 16.2. The summed E-state index contributed by atoms with van der Waals surface area (Å²) >= 11 is 0. The summed E-state index contributed by atoms with van der Waals surface area (Å²) in [5, 5.41) is 3.11. The number of nitrogens with one attached hydrogen (secondary N) is 1. The average Bonchev–Trinajstić information content (AvgIpc) is 2.36. The van der Waals surface area contributed by atoms with Crippen LogP contribution in [0, 0.1) is 5.41 Å². The molecule has 0 bridgehead atoms. The molecular weight excluding hydrogens is 230 g/mol. The number of nitrogens with two attached hydrogens (primary N) is 1. The van der Waals surface area contributed by atoms with E-state index in [0.717, 1.165) is 25.9 Å². The van der Waals surface area contributed by atoms with Crippen LogP contribution in [-0.2, 0) is 9.59 Å². The summed E-state index contributed by atoms with van der Waals surface area (Å²) in [7, 11) is 0. The summed E-state index contributed by atoms with van der Waals surface area (Å²) in [6.45, 7) is 7.52. The summed E-state index contributed by atoms with van der Waals surface area (Å²) in [5.41, 5.74) is 4.67. The van der Waals surface area contributed by atoms with Gasteiger partial charge in [-0.1, -0.05) is 0 Å². The molecule has 1 aliphatic heterocycles. The number of amides is 2. The Morgan fingerprint density at radius 3 is 2.33 bits per heavy atom. The lowest BCUT2D eigenvalue weighted by molar-refractivity contribution is -0.134. The van der Waals surface area contributed by atoms with Gasteiger partial charge in [0.1, 0.15) is 0 Å². The second kappa shape index (κ2) is 6.18. The van der Waals surface area contributed by atoms with Crippen molar-refractivity contribution in [3.05, 3.63) is 0 Å². The molecule has 1 saturated heterocycles. The van der Waals surface area contributed by atoms with Gasteiger partial charge in [0, 0.05) is 19.6 Å². The zero-order valence-electron chi connectivity index (χ0n) is 11.7. The van der Waals surface area contributed by atoms with Crippen LogP contribution in [0.3, 0.4) is 0 Å². The van der Waals surface area contributed by atoms with Gasteiger partial charge in [-0.2, -0.15) is 0 Å². The van der Waals surface area contributed by atoms with Crippen molar-refractivity contribution in [2.75, 3.05) is 19.6 Å². The maximum Gasteiger partial charge on any atom is 0.239 e. The number of piperidine rings is 1. The van der Waals surface area contributed by atoms with Gasteiger partial charge in [-0.05, 0) is 40.0 Å². The van der Waals surface area contributed by atoms with Crippen molar-refractivity contribution in [2.45, 2.75) is 46.1 Å². The molecule has 0 saturated carbocycles. The van der Waals surface area contributed by atoms with Crippen molar-refractivity contribution in [1.29, 1.82) is 0 Å². The Kier molecular flexibility index (Phi) is 5.14. The Morgan fingerprint density at radius 2 is 1.83 bits per heavy atom. The molecule has 2 amide bonds. The van der Waals surface area contributed by atoms with Crippen molar-refractivity contribution in [3.63, 3.8) is 0 Å². The molecule has 0 aromatic rings. The van der Waals surface area contributed by atoms with Gasteiger partial charge in [-0.25, -0.2) is 0 Å². The Balaban J connectivity index is 2.42. The quantitative estimate of drug-likeness (QED) is 0.750. The van der Waals surface area contributed by atoms with Crippen LogP contribution in [0.4, 0.5) is 0 Å². The van der Waals surface area contributed by atoms with E-state index in [1.54, 1.807) is 13.8 Å². The SMILES string of the molecule is CC(NCC(C)(C)C(N)=O)C(=O)N1CCCCC1. The minimum absolute atomic E-state index is 0.120. The van der Waals surface area contributed by atoms with Crippen LogP contribution in [0.5, 0.6) is 0 Å². The third kappa shape index (κ3) is 3.98. The molecule has 5 nitrogen and oxygen atoms in total. The van der Waals surface area contributed by atoms with E-state index >= 15 is 0 Å². The van der Waals surface area contributed by atoms with E-state index in [2.05, 4.69) is 5.32 Å². The topological polar surface area (TPSA) is 75.4 Å². The fourth-order valence-corrected chi connectivity index (χ4v) is 1.97. The summed E-state index contributed by atoms with van der Waals surface area (Å²) in [5.74, 6) is -0.234. The Labute approximate surface area is 109 Å². The van der Waals surface area contributed by atoms with Gasteiger partial charge in [0.2, 0.25) is 11.8 Å². The fourth-order valence-electron chi connectivity index (χ4n) is 1.97. The smallest absolute Gasteiger partial charge is 0.239 e. The van der Waals surface area contributed by atoms with Crippen LogP contribution in [0.2, 0.25) is 0 Å². The van der Waals surface area contributed by atoms with E-state index in [-0.39, 0.29) is 17.9 Å². The lowest BCUT2D eigenvalue weighted by Crippen LogP contribution is -2.50. The van der Waals surface area contributed by atoms with Crippen LogP contribution >= 0.6 is 0 Å². The zero-order valence-corrected chi connectivity index (χ0v) is 11.7. The number of carbonyl (C=O) groups excluding carboxylic acids is 2. The van der Waals surface area contributed by atoms with Crippen molar-refractivity contribution >= 4 is 11.8 Å². The van der Waals surface area contributed by atoms with Gasteiger partial charge in [-0.3, -0.25) is 9.59 Å². The minimum atomic E-state index is -0.629. The van der Waals surface area contributed by atoms with Gasteiger partial charge in [0.25, 0.3) is 0 Å². The van der Waals surface area contributed by atoms with E-state index in [0.29, 0.717) is 6.54 Å². The molecule has 1 rings (SSSR count). The van der Waals surface area contributed by atoms with E-state index in [4.69, 9.17) is 5.73 Å². The summed E-state index contributed by atoms with van der Waals surface area (Å²) in [6.07, 6.45) is 3.39. The number of rotatable bonds is 5. The maximum absolute atomic E-state index is 12.1. The van der Waals surface area contributed by atoms with E-state index in [1.165, 1.54) is 6.42 Å². The Hall–Kier alpha value is -1.10. The number of carbonyl (C=O) groups is 2. The monoisotopic (exact) mass is 255 g/mol. The first kappa shape index (κ1) is 15.0. The third-order valence-electron chi connectivity index (χ3n) is 3.56. The summed E-state index contributed by atoms with van der Waals surface area (Å²) in [6, 6.07) is -0.262. The van der Waals surface area contributed by atoms with Crippen LogP contribution in [0.1, 0.15) is 40.0 Å². The maximum atomic E-state index is 12.1. The average molecular weight is 255 g/mol. The van der Waals surface area contributed by atoms with Gasteiger partial charge in [-0.15, -0.1) is 0 Å². The number of nitrogens with zero attached hydrogens (tertiary/aromatic N) is 1. The van der Waals surface area contributed by atoms with Gasteiger partial charge >= 0.3 is 0 Å². The van der Waals surface area contributed by atoms with E-state index < -0.39 is 5.41 Å². The predicted octanol–water partition coefficient (Wildman–Crippen LogP) is 0.489. The summed E-state index contributed by atoms with van der Waals surface area (Å²) < 4.78 is 0. The molecule has 3 N–H and O–H groups in total. The third-order valence-corrected chi connectivity index (χ3v) is 3.56. The predicted molar refractivity (Wildman–Crippen MR) is 70.9 cm³/mol. The first-order valence-corrected chi connectivity index (χ1v) is 6.66. The Morgan fingerprint density at radius 1 is 1.28 bits per heavy atom. The largest absolute Gasteiger partial charge is 0.369 e. The fraction of sp³-hybridized carbons (Fsp3) is 0.846. The van der Waals surface area contributed by atoms with Gasteiger partial charge in [0.15, 0.2) is 0 Å². The molecule has 104 valence electrons. The molecule has 1 heterocycles. The highest BCUT2D eigenvalue weighted by Crippen LogP contribution is 2.13. The zero-order chi connectivity index (χ0) is 13.8. The summed E-state index contributed by atoms with van der Waals surface area (Å²) in [4.78, 5) is 25.2. The normalized spacial score (nSPS) is 18.5. The molecule has 0 aliphatic carbocycles. The standard InChI is InChI=1S/C13H25N3O2/c1-10(15-9-13(2,3)12(14)18)11(17)16-7-5-4-6-8-16/h10,15H,4-9H2,1-3H3,(H2,14,18). The number of hydrogen-bond acceptors (Lipinski definition) is 3. The van der Waals surface area contributed by atoms with Crippen LogP contribution in [0.15, 0.2) is 0 Å². The van der Waals surface area contributed by atoms with E-state index in [9.17, 15) is 9.59 Å². The minimum Gasteiger partial charge on any atom is -0.369 e. The number of likely N-dealkylation sites (tertiary alicyclic amines) is 1. The van der Waals surface area contributed by atoms with Crippen molar-refractivity contribution in [1.82, 2.24) is 10.2 Å². The molecule has 1 aliphatic rings. The molecule has 0 spiro atoms. The first-order chi connectivity index (χ1) is 8.34. The van der Waals surface area contributed by atoms with Gasteiger partial charge in [0.05, 0.1) is 11.5 Å². The highest BCUT2D eigenvalue weighted by molar-refractivity contribution is 5.82. The molecule has 0 radical (unpaired) electrons. The molecule has 18 heavy (non-hydrogen) atoms. The molecule has 0 aromatic heterocycles. The molecule has 1 unspecified atom stereocenters. The van der Waals surface area contributed by atoms with Crippen molar-refractivity contribution in [3.8, 4) is 0 Å². The molecule has 1 atom stereocenters. The second-order valence-corrected chi connectivity index (χ2v) is 5.74. The molecule has 1 fully saturated rings. The van der Waals surface area contributed by atoms with Crippen molar-refractivity contribution < 1.29 is 9.59 Å². The first-order valence-electron chi connectivity index (χ1n) is 6.66. The molecule has 5 heteroatoms. The van der Waals surface area contributed by atoms with Crippen LogP contribution in [-0.4, -0.2) is 42.4 Å². The lowest BCUT2D eigenvalue weighted by Gasteiger charge is -2.31. The number of hydrogen-bond donors (Lipinski definition) is 2. The van der Waals surface area contributed by atoms with Crippen LogP contribution < -0.4 is 11.1 Å². The Bertz CT molecular complexity index is 309. The number of primary amides is 1. The highest BCUT2D eigenvalue weighted by Gasteiger charge is 2.28. The molecule has 0 aromatic carbocycles. The van der Waals surface area contributed by atoms with Crippen molar-refractivity contribution in [2.24, 2.45) is 11.1 Å². The van der Waals surface area contributed by atoms with Crippen LogP contribution in [0.25, 0.3) is 0 Å². The molecular formula is C13H25N3O2. The second-order valence-electron chi connectivity index (χ2n) is 5.74. The van der Waals surface area contributed by atoms with Gasteiger partial charge < -0.3 is 16.0 Å². The van der Waals surface area contributed by atoms with E-state index in [1.807, 2.05) is 11.8 Å².